The zero-order valence-corrected chi connectivity index (χ0v) is 13.8. The first-order chi connectivity index (χ1) is 10.4. The fourth-order valence-electron chi connectivity index (χ4n) is 2.05. The van der Waals surface area contributed by atoms with E-state index in [1.54, 1.807) is 6.92 Å². The van der Waals surface area contributed by atoms with Gasteiger partial charge in [0.15, 0.2) is 0 Å². The van der Waals surface area contributed by atoms with Crippen molar-refractivity contribution in [2.75, 3.05) is 23.8 Å². The van der Waals surface area contributed by atoms with Gasteiger partial charge < -0.3 is 10.1 Å². The van der Waals surface area contributed by atoms with Gasteiger partial charge >= 0.3 is 6.09 Å². The van der Waals surface area contributed by atoms with Gasteiger partial charge in [-0.3, -0.25) is 5.32 Å². The first kappa shape index (κ1) is 17.8. The van der Waals surface area contributed by atoms with E-state index >= 15 is 0 Å². The van der Waals surface area contributed by atoms with Gasteiger partial charge in [-0.1, -0.05) is 6.07 Å². The van der Waals surface area contributed by atoms with Crippen LogP contribution in [0, 0.1) is 23.7 Å². The average Bonchev–Trinajstić information content (AvgIpc) is 2.47. The van der Waals surface area contributed by atoms with Crippen LogP contribution in [-0.2, 0) is 4.74 Å². The Bertz CT molecular complexity index is 547. The molecule has 0 unspecified atom stereocenters. The van der Waals surface area contributed by atoms with Crippen molar-refractivity contribution in [3.8, 4) is 6.07 Å². The predicted octanol–water partition coefficient (Wildman–Crippen LogP) is 4.31. The summed E-state index contributed by atoms with van der Waals surface area (Å²) < 4.78 is 4.89. The number of hydrogen-bond donors (Lipinski definition) is 2. The van der Waals surface area contributed by atoms with Crippen molar-refractivity contribution in [1.82, 2.24) is 0 Å². The van der Waals surface area contributed by atoms with E-state index in [0.29, 0.717) is 6.61 Å². The van der Waals surface area contributed by atoms with E-state index in [1.807, 2.05) is 39.0 Å². The third kappa shape index (κ3) is 5.65. The van der Waals surface area contributed by atoms with Crippen LogP contribution < -0.4 is 10.6 Å². The second-order valence-electron chi connectivity index (χ2n) is 5.85. The lowest BCUT2D eigenvalue weighted by Gasteiger charge is -2.17. The van der Waals surface area contributed by atoms with E-state index in [1.165, 1.54) is 0 Å². The van der Waals surface area contributed by atoms with Crippen molar-refractivity contribution in [3.63, 3.8) is 0 Å². The minimum atomic E-state index is -0.446. The number of hydrogen-bond acceptors (Lipinski definition) is 4. The lowest BCUT2D eigenvalue weighted by molar-refractivity contribution is 0.168. The van der Waals surface area contributed by atoms with Crippen LogP contribution in [0.15, 0.2) is 18.2 Å². The normalized spacial score (nSPS) is 10.7. The fraction of sp³-hybridized carbons (Fsp3) is 0.529. The Balaban J connectivity index is 2.58. The minimum Gasteiger partial charge on any atom is -0.450 e. The molecule has 22 heavy (non-hydrogen) atoms. The molecule has 1 rings (SSSR count). The van der Waals surface area contributed by atoms with Gasteiger partial charge in [-0.05, 0) is 58.2 Å². The van der Waals surface area contributed by atoms with E-state index in [2.05, 4.69) is 16.7 Å². The Morgan fingerprint density at radius 2 is 2.05 bits per heavy atom. The maximum Gasteiger partial charge on any atom is 0.411 e. The van der Waals surface area contributed by atoms with E-state index in [-0.39, 0.29) is 5.41 Å². The Morgan fingerprint density at radius 3 is 2.68 bits per heavy atom. The molecule has 2 N–H and O–H groups in total. The molecular weight excluding hydrogens is 278 g/mol. The Morgan fingerprint density at radius 1 is 1.36 bits per heavy atom. The van der Waals surface area contributed by atoms with Crippen molar-refractivity contribution < 1.29 is 9.53 Å². The molecule has 5 heteroatoms. The summed E-state index contributed by atoms with van der Waals surface area (Å²) in [4.78, 5) is 11.5. The van der Waals surface area contributed by atoms with Crippen LogP contribution in [0.3, 0.4) is 0 Å². The van der Waals surface area contributed by atoms with E-state index < -0.39 is 6.09 Å². The summed E-state index contributed by atoms with van der Waals surface area (Å²) >= 11 is 0. The van der Waals surface area contributed by atoms with Crippen LogP contribution in [-0.4, -0.2) is 19.2 Å². The number of nitrogens with one attached hydrogen (secondary N) is 2. The topological polar surface area (TPSA) is 74.2 Å². The molecule has 1 amide bonds. The largest absolute Gasteiger partial charge is 0.450 e. The van der Waals surface area contributed by atoms with Crippen LogP contribution in [0.1, 0.15) is 39.2 Å². The highest BCUT2D eigenvalue weighted by Crippen LogP contribution is 2.24. The van der Waals surface area contributed by atoms with Gasteiger partial charge in [-0.15, -0.1) is 0 Å². The quantitative estimate of drug-likeness (QED) is 0.736. The molecule has 0 spiro atoms. The number of rotatable bonds is 7. The van der Waals surface area contributed by atoms with Gasteiger partial charge in [-0.2, -0.15) is 5.26 Å². The summed E-state index contributed by atoms with van der Waals surface area (Å²) in [5.74, 6) is 0. The summed E-state index contributed by atoms with van der Waals surface area (Å²) in [6, 6.07) is 8.01. The molecular formula is C17H25N3O2. The van der Waals surface area contributed by atoms with Gasteiger partial charge in [0.1, 0.15) is 0 Å². The van der Waals surface area contributed by atoms with Crippen molar-refractivity contribution >= 4 is 17.5 Å². The number of nitrogens with zero attached hydrogens (tertiary/aromatic N) is 1. The molecule has 5 nitrogen and oxygen atoms in total. The number of carbonyl (C=O) groups is 1. The standard InChI is InChI=1S/C17H25N3O2/c1-5-22-16(21)20-15-9-6-8-14(13(15)2)19-11-7-10-17(3,4)12-18/h6,8-9,19H,5,7,10-11H2,1-4H3,(H,20,21). The number of benzene rings is 1. The highest BCUT2D eigenvalue weighted by atomic mass is 16.5. The van der Waals surface area contributed by atoms with Gasteiger partial charge in [0.05, 0.1) is 18.1 Å². The highest BCUT2D eigenvalue weighted by Gasteiger charge is 2.15. The second kappa shape index (κ2) is 8.28. The van der Waals surface area contributed by atoms with Crippen LogP contribution in [0.5, 0.6) is 0 Å². The maximum atomic E-state index is 11.5. The molecule has 0 aliphatic heterocycles. The molecule has 0 fully saturated rings. The van der Waals surface area contributed by atoms with Gasteiger partial charge in [0.25, 0.3) is 0 Å². The van der Waals surface area contributed by atoms with E-state index in [9.17, 15) is 4.79 Å². The molecule has 120 valence electrons. The zero-order chi connectivity index (χ0) is 16.6. The molecule has 1 aromatic rings. The maximum absolute atomic E-state index is 11.5. The Labute approximate surface area is 132 Å². The average molecular weight is 303 g/mol. The first-order valence-electron chi connectivity index (χ1n) is 7.58. The summed E-state index contributed by atoms with van der Waals surface area (Å²) in [6.45, 7) is 8.74. The molecule has 0 aliphatic carbocycles. The zero-order valence-electron chi connectivity index (χ0n) is 13.8. The van der Waals surface area contributed by atoms with E-state index in [0.717, 1.165) is 36.3 Å². The van der Waals surface area contributed by atoms with Crippen LogP contribution in [0.4, 0.5) is 16.2 Å². The molecule has 1 aromatic carbocycles. The Kier molecular flexibility index (Phi) is 6.71. The minimum absolute atomic E-state index is 0.288. The summed E-state index contributed by atoms with van der Waals surface area (Å²) in [5.41, 5.74) is 2.39. The number of ether oxygens (including phenoxy) is 1. The van der Waals surface area contributed by atoms with Crippen LogP contribution >= 0.6 is 0 Å². The van der Waals surface area contributed by atoms with Crippen molar-refractivity contribution in [3.05, 3.63) is 23.8 Å². The molecule has 0 heterocycles. The summed E-state index contributed by atoms with van der Waals surface area (Å²) in [5, 5.41) is 15.1. The van der Waals surface area contributed by atoms with Gasteiger partial charge in [0, 0.05) is 17.9 Å². The molecule has 0 atom stereocenters. The number of carbonyl (C=O) groups excluding carboxylic acids is 1. The smallest absolute Gasteiger partial charge is 0.411 e. The first-order valence-corrected chi connectivity index (χ1v) is 7.58. The monoisotopic (exact) mass is 303 g/mol. The predicted molar refractivity (Wildman–Crippen MR) is 88.9 cm³/mol. The number of anilines is 2. The summed E-state index contributed by atoms with van der Waals surface area (Å²) in [6.07, 6.45) is 1.31. The lowest BCUT2D eigenvalue weighted by Crippen LogP contribution is -2.15. The second-order valence-corrected chi connectivity index (χ2v) is 5.85. The molecule has 0 aromatic heterocycles. The molecule has 0 aliphatic rings. The van der Waals surface area contributed by atoms with Crippen molar-refractivity contribution in [2.45, 2.75) is 40.5 Å². The molecule has 0 radical (unpaired) electrons. The van der Waals surface area contributed by atoms with Crippen molar-refractivity contribution in [1.29, 1.82) is 5.26 Å². The third-order valence-corrected chi connectivity index (χ3v) is 3.44. The molecule has 0 bridgehead atoms. The van der Waals surface area contributed by atoms with Crippen molar-refractivity contribution in [2.24, 2.45) is 5.41 Å². The number of nitriles is 1. The van der Waals surface area contributed by atoms with Crippen LogP contribution in [0.2, 0.25) is 0 Å². The number of amides is 1. The SMILES string of the molecule is CCOC(=O)Nc1cccc(NCCCC(C)(C)C#N)c1C. The molecule has 0 saturated heterocycles. The van der Waals surface area contributed by atoms with Gasteiger partial charge in [-0.25, -0.2) is 4.79 Å². The van der Waals surface area contributed by atoms with Gasteiger partial charge in [0.2, 0.25) is 0 Å². The Hall–Kier alpha value is -2.22. The molecule has 0 saturated carbocycles. The summed E-state index contributed by atoms with van der Waals surface area (Å²) in [7, 11) is 0. The lowest BCUT2D eigenvalue weighted by atomic mass is 9.90. The van der Waals surface area contributed by atoms with E-state index in [4.69, 9.17) is 10.00 Å². The highest BCUT2D eigenvalue weighted by molar-refractivity contribution is 5.87. The fourth-order valence-corrected chi connectivity index (χ4v) is 2.05. The third-order valence-electron chi connectivity index (χ3n) is 3.44. The van der Waals surface area contributed by atoms with Crippen LogP contribution in [0.25, 0.3) is 0 Å².